The summed E-state index contributed by atoms with van der Waals surface area (Å²) >= 11 is 0. The Morgan fingerprint density at radius 3 is 2.73 bits per heavy atom. The maximum Gasteiger partial charge on any atom is 0.249 e. The minimum Gasteiger partial charge on any atom is -0.366 e. The van der Waals surface area contributed by atoms with Gasteiger partial charge in [0.15, 0.2) is 0 Å². The molecule has 0 saturated carbocycles. The third-order valence-corrected chi connectivity index (χ3v) is 2.29. The van der Waals surface area contributed by atoms with E-state index in [1.165, 1.54) is 0 Å². The third-order valence-electron chi connectivity index (χ3n) is 2.29. The molecule has 0 saturated heterocycles. The highest BCUT2D eigenvalue weighted by Crippen LogP contribution is 2.16. The van der Waals surface area contributed by atoms with Crippen molar-refractivity contribution in [1.29, 1.82) is 0 Å². The summed E-state index contributed by atoms with van der Waals surface area (Å²) in [5, 5.41) is 3.21. The maximum atomic E-state index is 11.2. The van der Waals surface area contributed by atoms with Crippen LogP contribution in [0.3, 0.4) is 0 Å². The standard InChI is InChI=1S/C11H17N3O/c1-8(14-7-6-12)9-4-2-3-5-10(9)11(13)15/h2-5,8,14H,6-7,12H2,1H3,(H2,13,15). The molecule has 0 aliphatic rings. The predicted molar refractivity (Wildman–Crippen MR) is 60.4 cm³/mol. The van der Waals surface area contributed by atoms with E-state index < -0.39 is 5.91 Å². The summed E-state index contributed by atoms with van der Waals surface area (Å²) in [5.41, 5.74) is 12.2. The zero-order valence-corrected chi connectivity index (χ0v) is 8.86. The molecule has 4 heteroatoms. The van der Waals surface area contributed by atoms with Gasteiger partial charge in [0.05, 0.1) is 0 Å². The fourth-order valence-electron chi connectivity index (χ4n) is 1.51. The lowest BCUT2D eigenvalue weighted by Gasteiger charge is -2.16. The van der Waals surface area contributed by atoms with Crippen LogP contribution in [0.25, 0.3) is 0 Å². The van der Waals surface area contributed by atoms with Gasteiger partial charge in [0.1, 0.15) is 0 Å². The van der Waals surface area contributed by atoms with Gasteiger partial charge in [0, 0.05) is 24.7 Å². The molecule has 1 unspecified atom stereocenters. The van der Waals surface area contributed by atoms with E-state index in [1.807, 2.05) is 19.1 Å². The predicted octanol–water partition coefficient (Wildman–Crippen LogP) is 0.395. The molecule has 82 valence electrons. The molecule has 0 aliphatic heterocycles. The van der Waals surface area contributed by atoms with Gasteiger partial charge in [-0.05, 0) is 18.6 Å². The summed E-state index contributed by atoms with van der Waals surface area (Å²) in [5.74, 6) is -0.396. The van der Waals surface area contributed by atoms with Crippen LogP contribution in [0.4, 0.5) is 0 Å². The lowest BCUT2D eigenvalue weighted by molar-refractivity contribution is 0.0999. The normalized spacial score (nSPS) is 12.4. The summed E-state index contributed by atoms with van der Waals surface area (Å²) in [7, 11) is 0. The highest BCUT2D eigenvalue weighted by Gasteiger charge is 2.12. The first-order valence-electron chi connectivity index (χ1n) is 4.99. The Labute approximate surface area is 89.6 Å². The van der Waals surface area contributed by atoms with Crippen LogP contribution >= 0.6 is 0 Å². The second-order valence-electron chi connectivity index (χ2n) is 3.42. The van der Waals surface area contributed by atoms with E-state index in [2.05, 4.69) is 5.32 Å². The fourth-order valence-corrected chi connectivity index (χ4v) is 1.51. The molecule has 0 heterocycles. The molecule has 0 fully saturated rings. The van der Waals surface area contributed by atoms with Gasteiger partial charge in [-0.1, -0.05) is 18.2 Å². The first-order valence-corrected chi connectivity index (χ1v) is 4.99. The van der Waals surface area contributed by atoms with Gasteiger partial charge in [-0.2, -0.15) is 0 Å². The number of primary amides is 1. The molecular formula is C11H17N3O. The van der Waals surface area contributed by atoms with E-state index in [0.29, 0.717) is 18.7 Å². The van der Waals surface area contributed by atoms with E-state index >= 15 is 0 Å². The van der Waals surface area contributed by atoms with Crippen molar-refractivity contribution < 1.29 is 4.79 Å². The number of carbonyl (C=O) groups excluding carboxylic acids is 1. The molecular weight excluding hydrogens is 190 g/mol. The summed E-state index contributed by atoms with van der Waals surface area (Å²) in [6, 6.07) is 7.41. The SMILES string of the molecule is CC(NCCN)c1ccccc1C(N)=O. The van der Waals surface area contributed by atoms with Crippen molar-refractivity contribution >= 4 is 5.91 Å². The van der Waals surface area contributed by atoms with E-state index in [1.54, 1.807) is 12.1 Å². The first kappa shape index (κ1) is 11.7. The molecule has 0 bridgehead atoms. The Morgan fingerprint density at radius 2 is 2.13 bits per heavy atom. The van der Waals surface area contributed by atoms with Gasteiger partial charge in [0.25, 0.3) is 0 Å². The Kier molecular flexibility index (Phi) is 4.27. The quantitative estimate of drug-likeness (QED) is 0.653. The van der Waals surface area contributed by atoms with Crippen LogP contribution in [-0.2, 0) is 0 Å². The number of rotatable bonds is 5. The highest BCUT2D eigenvalue weighted by atomic mass is 16.1. The molecule has 1 rings (SSSR count). The van der Waals surface area contributed by atoms with Crippen LogP contribution in [0.2, 0.25) is 0 Å². The molecule has 0 spiro atoms. The molecule has 5 N–H and O–H groups in total. The second kappa shape index (κ2) is 5.48. The van der Waals surface area contributed by atoms with Gasteiger partial charge in [-0.25, -0.2) is 0 Å². The average Bonchev–Trinajstić information content (AvgIpc) is 2.25. The Hall–Kier alpha value is -1.39. The Balaban J connectivity index is 2.87. The number of carbonyl (C=O) groups is 1. The smallest absolute Gasteiger partial charge is 0.249 e. The summed E-state index contributed by atoms with van der Waals surface area (Å²) in [6.45, 7) is 3.27. The minimum absolute atomic E-state index is 0.0808. The van der Waals surface area contributed by atoms with Crippen LogP contribution in [-0.4, -0.2) is 19.0 Å². The van der Waals surface area contributed by atoms with Crippen molar-refractivity contribution in [2.45, 2.75) is 13.0 Å². The molecule has 0 aromatic heterocycles. The number of nitrogens with two attached hydrogens (primary N) is 2. The summed E-state index contributed by atoms with van der Waals surface area (Å²) in [6.07, 6.45) is 0. The van der Waals surface area contributed by atoms with Crippen LogP contribution in [0.15, 0.2) is 24.3 Å². The molecule has 1 aromatic rings. The zero-order chi connectivity index (χ0) is 11.3. The summed E-state index contributed by atoms with van der Waals surface area (Å²) in [4.78, 5) is 11.2. The van der Waals surface area contributed by atoms with Crippen molar-refractivity contribution in [2.24, 2.45) is 11.5 Å². The number of amides is 1. The van der Waals surface area contributed by atoms with Crippen molar-refractivity contribution in [2.75, 3.05) is 13.1 Å². The largest absolute Gasteiger partial charge is 0.366 e. The van der Waals surface area contributed by atoms with Crippen molar-refractivity contribution in [3.8, 4) is 0 Å². The van der Waals surface area contributed by atoms with Crippen LogP contribution in [0, 0.1) is 0 Å². The van der Waals surface area contributed by atoms with Crippen molar-refractivity contribution in [1.82, 2.24) is 5.32 Å². The van der Waals surface area contributed by atoms with E-state index in [9.17, 15) is 4.79 Å². The lowest BCUT2D eigenvalue weighted by atomic mass is 10.0. The topological polar surface area (TPSA) is 81.1 Å². The van der Waals surface area contributed by atoms with Gasteiger partial charge >= 0.3 is 0 Å². The third kappa shape index (κ3) is 3.04. The van der Waals surface area contributed by atoms with E-state index in [0.717, 1.165) is 5.56 Å². The first-order chi connectivity index (χ1) is 7.16. The van der Waals surface area contributed by atoms with Crippen LogP contribution < -0.4 is 16.8 Å². The fraction of sp³-hybridized carbons (Fsp3) is 0.364. The van der Waals surface area contributed by atoms with Crippen LogP contribution in [0.1, 0.15) is 28.9 Å². The highest BCUT2D eigenvalue weighted by molar-refractivity contribution is 5.94. The van der Waals surface area contributed by atoms with Gasteiger partial charge in [0.2, 0.25) is 5.91 Å². The molecule has 1 atom stereocenters. The van der Waals surface area contributed by atoms with Gasteiger partial charge in [-0.3, -0.25) is 4.79 Å². The maximum absolute atomic E-state index is 11.2. The molecule has 4 nitrogen and oxygen atoms in total. The number of hydrogen-bond acceptors (Lipinski definition) is 3. The van der Waals surface area contributed by atoms with Crippen LogP contribution in [0.5, 0.6) is 0 Å². The Bertz CT molecular complexity index is 338. The van der Waals surface area contributed by atoms with Gasteiger partial charge < -0.3 is 16.8 Å². The summed E-state index contributed by atoms with van der Waals surface area (Å²) < 4.78 is 0. The molecule has 0 radical (unpaired) electrons. The lowest BCUT2D eigenvalue weighted by Crippen LogP contribution is -2.27. The monoisotopic (exact) mass is 207 g/mol. The molecule has 1 amide bonds. The molecule has 0 aliphatic carbocycles. The number of benzene rings is 1. The zero-order valence-electron chi connectivity index (χ0n) is 8.86. The Morgan fingerprint density at radius 1 is 1.47 bits per heavy atom. The van der Waals surface area contributed by atoms with E-state index in [4.69, 9.17) is 11.5 Å². The number of nitrogens with one attached hydrogen (secondary N) is 1. The molecule has 1 aromatic carbocycles. The van der Waals surface area contributed by atoms with Crippen molar-refractivity contribution in [3.63, 3.8) is 0 Å². The molecule has 15 heavy (non-hydrogen) atoms. The van der Waals surface area contributed by atoms with E-state index in [-0.39, 0.29) is 6.04 Å². The van der Waals surface area contributed by atoms with Gasteiger partial charge in [-0.15, -0.1) is 0 Å². The minimum atomic E-state index is -0.396. The van der Waals surface area contributed by atoms with Crippen molar-refractivity contribution in [3.05, 3.63) is 35.4 Å². The number of hydrogen-bond donors (Lipinski definition) is 3. The second-order valence-corrected chi connectivity index (χ2v) is 3.42. The average molecular weight is 207 g/mol.